The molecule has 0 aromatic rings. The summed E-state index contributed by atoms with van der Waals surface area (Å²) in [6, 6.07) is 0.326. The largest absolute Gasteiger partial charge is 1.00 e. The van der Waals surface area contributed by atoms with Gasteiger partial charge in [-0.25, -0.2) is 0 Å². The van der Waals surface area contributed by atoms with E-state index >= 15 is 0 Å². The molecule has 1 aliphatic carbocycles. The minimum absolute atomic E-state index is 0. The van der Waals surface area contributed by atoms with Gasteiger partial charge in [-0.2, -0.15) is 0 Å². The van der Waals surface area contributed by atoms with Crippen LogP contribution < -0.4 is 51.4 Å². The number of hydrogen-bond acceptors (Lipinski definition) is 1. The first-order valence-electron chi connectivity index (χ1n) is 6.42. The summed E-state index contributed by atoms with van der Waals surface area (Å²) in [5, 5.41) is 0. The molecule has 0 bridgehead atoms. The zero-order valence-electron chi connectivity index (χ0n) is 11.8. The van der Waals surface area contributed by atoms with Crippen molar-refractivity contribution in [2.75, 3.05) is 13.1 Å². The normalized spacial score (nSPS) is 17.3. The second-order valence-electron chi connectivity index (χ2n) is 5.49. The summed E-state index contributed by atoms with van der Waals surface area (Å²) in [5.74, 6) is 0.393. The van der Waals surface area contributed by atoms with Gasteiger partial charge in [0.2, 0.25) is 0 Å². The first kappa shape index (κ1) is 19.2. The summed E-state index contributed by atoms with van der Waals surface area (Å²) >= 11 is 0. The summed E-state index contributed by atoms with van der Waals surface area (Å²) in [6.07, 6.45) is 4.35. The summed E-state index contributed by atoms with van der Waals surface area (Å²) in [4.78, 5) is 1.98. The van der Waals surface area contributed by atoms with Crippen LogP contribution in [0.15, 0.2) is 12.1 Å². The molecule has 1 rings (SSSR count). The second-order valence-corrected chi connectivity index (χ2v) is 5.49. The number of nitrogens with zero attached hydrogens (tertiary/aromatic N) is 1. The molecular weight excluding hydrogens is 265 g/mol. The maximum Gasteiger partial charge on any atom is 1.00 e. The third-order valence-electron chi connectivity index (χ3n) is 3.31. The van der Waals surface area contributed by atoms with Crippen LogP contribution in [0.5, 0.6) is 0 Å². The van der Waals surface area contributed by atoms with Crippen molar-refractivity contribution >= 4 is 6.98 Å². The fraction of sp³-hybridized carbons (Fsp3) is 0.833. The molecule has 1 saturated carbocycles. The molecule has 6 heteroatoms. The van der Waals surface area contributed by atoms with E-state index in [0.29, 0.717) is 12.0 Å². The van der Waals surface area contributed by atoms with E-state index in [-0.39, 0.29) is 57.9 Å². The predicted octanol–water partition coefficient (Wildman–Crippen LogP) is 0.834. The molecule has 0 N–H and O–H groups in total. The molecule has 0 aliphatic heterocycles. The maximum absolute atomic E-state index is 12.6. The standard InChI is InChI=1S/C12H22BF3N.K/c1-10(2)8-17(12-6-4-5-7-12)9-11(3)13(14,15)16;/h10,12H,3-9H2,1-2H3;/q-1;+1. The molecule has 0 unspecified atom stereocenters. The van der Waals surface area contributed by atoms with E-state index in [4.69, 9.17) is 0 Å². The van der Waals surface area contributed by atoms with Crippen LogP contribution in [0.2, 0.25) is 0 Å². The second kappa shape index (κ2) is 8.47. The van der Waals surface area contributed by atoms with Gasteiger partial charge in [-0.15, -0.1) is 12.1 Å². The number of halogens is 3. The van der Waals surface area contributed by atoms with Crippen LogP contribution in [-0.4, -0.2) is 31.0 Å². The molecule has 1 fully saturated rings. The third-order valence-corrected chi connectivity index (χ3v) is 3.31. The molecule has 100 valence electrons. The average molecular weight is 287 g/mol. The zero-order valence-corrected chi connectivity index (χ0v) is 14.9. The quantitative estimate of drug-likeness (QED) is 0.654. The Morgan fingerprint density at radius 3 is 2.17 bits per heavy atom. The molecule has 0 aromatic heterocycles. The third kappa shape index (κ3) is 6.57. The number of hydrogen-bond donors (Lipinski definition) is 0. The Morgan fingerprint density at radius 2 is 1.78 bits per heavy atom. The van der Waals surface area contributed by atoms with Gasteiger partial charge in [-0.05, 0) is 25.3 Å². The van der Waals surface area contributed by atoms with Crippen molar-refractivity contribution in [3.05, 3.63) is 12.1 Å². The van der Waals surface area contributed by atoms with Crippen LogP contribution in [0.4, 0.5) is 12.9 Å². The van der Waals surface area contributed by atoms with Crippen molar-refractivity contribution in [1.29, 1.82) is 0 Å². The average Bonchev–Trinajstić information content (AvgIpc) is 2.66. The first-order valence-corrected chi connectivity index (χ1v) is 6.42. The molecule has 0 radical (unpaired) electrons. The molecular formula is C12H22BF3KN. The van der Waals surface area contributed by atoms with Crippen LogP contribution in [-0.2, 0) is 0 Å². The topological polar surface area (TPSA) is 3.24 Å². The smallest absolute Gasteiger partial charge is 0.445 e. The Morgan fingerprint density at radius 1 is 1.28 bits per heavy atom. The van der Waals surface area contributed by atoms with Crippen LogP contribution in [0, 0.1) is 5.92 Å². The Balaban J connectivity index is 0.00000289. The summed E-state index contributed by atoms with van der Waals surface area (Å²) in [6.45, 7) is 3.13. The zero-order chi connectivity index (χ0) is 13.1. The summed E-state index contributed by atoms with van der Waals surface area (Å²) < 4.78 is 37.7. The van der Waals surface area contributed by atoms with Gasteiger partial charge >= 0.3 is 58.4 Å². The van der Waals surface area contributed by atoms with Gasteiger partial charge in [0, 0.05) is 12.6 Å². The Hall–Kier alpha value is 1.19. The van der Waals surface area contributed by atoms with Crippen molar-refractivity contribution in [3.8, 4) is 0 Å². The van der Waals surface area contributed by atoms with Crippen molar-refractivity contribution in [2.45, 2.75) is 45.6 Å². The van der Waals surface area contributed by atoms with E-state index in [9.17, 15) is 12.9 Å². The minimum atomic E-state index is -4.89. The van der Waals surface area contributed by atoms with Gasteiger partial charge in [0.1, 0.15) is 0 Å². The number of rotatable bonds is 6. The van der Waals surface area contributed by atoms with Crippen molar-refractivity contribution in [2.24, 2.45) is 5.92 Å². The SMILES string of the molecule is C=C(CN(CC(C)C)C1CCCC1)[B-](F)(F)F.[K+]. The fourth-order valence-electron chi connectivity index (χ4n) is 2.45. The van der Waals surface area contributed by atoms with E-state index in [1.54, 1.807) is 0 Å². The van der Waals surface area contributed by atoms with Crippen molar-refractivity contribution in [1.82, 2.24) is 4.90 Å². The van der Waals surface area contributed by atoms with Gasteiger partial charge in [0.25, 0.3) is 0 Å². The van der Waals surface area contributed by atoms with E-state index < -0.39 is 12.4 Å². The molecule has 0 aromatic carbocycles. The Bertz CT molecular complexity index is 263. The molecule has 1 aliphatic rings. The Labute approximate surface area is 151 Å². The van der Waals surface area contributed by atoms with Crippen LogP contribution in [0.1, 0.15) is 39.5 Å². The van der Waals surface area contributed by atoms with Crippen LogP contribution in [0.3, 0.4) is 0 Å². The van der Waals surface area contributed by atoms with Gasteiger partial charge in [-0.1, -0.05) is 26.7 Å². The molecule has 0 spiro atoms. The van der Waals surface area contributed by atoms with E-state index in [1.807, 2.05) is 18.7 Å². The van der Waals surface area contributed by atoms with Crippen molar-refractivity contribution in [3.63, 3.8) is 0 Å². The van der Waals surface area contributed by atoms with Gasteiger partial charge in [-0.3, -0.25) is 4.90 Å². The molecule has 1 nitrogen and oxygen atoms in total. The van der Waals surface area contributed by atoms with Gasteiger partial charge in [0.05, 0.1) is 0 Å². The van der Waals surface area contributed by atoms with Crippen LogP contribution in [0.25, 0.3) is 0 Å². The molecule has 0 atom stereocenters. The molecule has 0 heterocycles. The Kier molecular flexibility index (Phi) is 9.03. The molecule has 0 saturated heterocycles. The van der Waals surface area contributed by atoms with Crippen molar-refractivity contribution < 1.29 is 64.3 Å². The fourth-order valence-corrected chi connectivity index (χ4v) is 2.45. The predicted molar refractivity (Wildman–Crippen MR) is 66.9 cm³/mol. The molecule has 0 amide bonds. The van der Waals surface area contributed by atoms with Gasteiger partial charge < -0.3 is 12.9 Å². The van der Waals surface area contributed by atoms with Gasteiger partial charge in [0.15, 0.2) is 0 Å². The summed E-state index contributed by atoms with van der Waals surface area (Å²) in [5.41, 5.74) is -0.558. The minimum Gasteiger partial charge on any atom is -0.445 e. The monoisotopic (exact) mass is 287 g/mol. The van der Waals surface area contributed by atoms with E-state index in [2.05, 4.69) is 6.58 Å². The maximum atomic E-state index is 12.6. The van der Waals surface area contributed by atoms with Crippen LogP contribution >= 0.6 is 0 Å². The summed E-state index contributed by atoms with van der Waals surface area (Å²) in [7, 11) is 0. The molecule has 18 heavy (non-hydrogen) atoms. The van der Waals surface area contributed by atoms with E-state index in [0.717, 1.165) is 32.2 Å². The van der Waals surface area contributed by atoms with E-state index in [1.165, 1.54) is 0 Å². The first-order chi connectivity index (χ1) is 7.80.